The van der Waals surface area contributed by atoms with Crippen LogP contribution >= 0.6 is 33.9 Å². The Morgan fingerprint density at radius 3 is 2.74 bits per heavy atom. The quantitative estimate of drug-likeness (QED) is 0.725. The van der Waals surface area contributed by atoms with Crippen LogP contribution in [0.25, 0.3) is 0 Å². The molecule has 0 fully saturated rings. The molecule has 5 nitrogen and oxygen atoms in total. The average Bonchev–Trinajstić information content (AvgIpc) is 2.74. The minimum Gasteiger partial charge on any atom is -0.481 e. The molecule has 0 aliphatic carbocycles. The fourth-order valence-electron chi connectivity index (χ4n) is 1.49. The van der Waals surface area contributed by atoms with Gasteiger partial charge in [0.05, 0.1) is 8.80 Å². The Bertz CT molecular complexity index is 450. The zero-order valence-electron chi connectivity index (χ0n) is 10.9. The molecule has 7 heteroatoms. The van der Waals surface area contributed by atoms with Gasteiger partial charge in [0.15, 0.2) is 0 Å². The van der Waals surface area contributed by atoms with E-state index in [1.807, 2.05) is 6.07 Å². The number of amides is 2. The van der Waals surface area contributed by atoms with E-state index in [1.165, 1.54) is 12.7 Å². The second-order valence-electron chi connectivity index (χ2n) is 4.31. The highest BCUT2D eigenvalue weighted by Crippen LogP contribution is 2.18. The monoisotopic (exact) mass is 396 g/mol. The summed E-state index contributed by atoms with van der Waals surface area (Å²) in [6.07, 6.45) is 0.793. The molecule has 0 aliphatic heterocycles. The first kappa shape index (κ1) is 16.2. The molecule has 2 amide bonds. The van der Waals surface area contributed by atoms with Crippen LogP contribution in [0, 0.1) is 8.80 Å². The SMILES string of the molecule is CC(CN(C)C(=O)NCCc1ccc(I)s1)C(=O)O. The van der Waals surface area contributed by atoms with Crippen molar-refractivity contribution in [2.45, 2.75) is 13.3 Å². The van der Waals surface area contributed by atoms with Crippen molar-refractivity contribution in [1.29, 1.82) is 0 Å². The van der Waals surface area contributed by atoms with Gasteiger partial charge in [-0.3, -0.25) is 4.79 Å². The number of thiophene rings is 1. The molecule has 0 aliphatic rings. The summed E-state index contributed by atoms with van der Waals surface area (Å²) in [5.41, 5.74) is 0. The number of urea groups is 1. The molecule has 1 unspecified atom stereocenters. The molecule has 1 heterocycles. The Kier molecular flexibility index (Phi) is 6.56. The number of halogens is 1. The Balaban J connectivity index is 2.28. The lowest BCUT2D eigenvalue weighted by atomic mass is 10.2. The van der Waals surface area contributed by atoms with Crippen LogP contribution in [0.4, 0.5) is 4.79 Å². The zero-order chi connectivity index (χ0) is 14.4. The molecule has 0 saturated carbocycles. The van der Waals surface area contributed by atoms with Crippen molar-refractivity contribution in [3.63, 3.8) is 0 Å². The van der Waals surface area contributed by atoms with E-state index in [9.17, 15) is 9.59 Å². The maximum Gasteiger partial charge on any atom is 0.317 e. The lowest BCUT2D eigenvalue weighted by Crippen LogP contribution is -2.41. The van der Waals surface area contributed by atoms with Gasteiger partial charge in [-0.2, -0.15) is 0 Å². The highest BCUT2D eigenvalue weighted by molar-refractivity contribution is 14.1. The predicted molar refractivity (Wildman–Crippen MR) is 83.6 cm³/mol. The highest BCUT2D eigenvalue weighted by Gasteiger charge is 2.16. The van der Waals surface area contributed by atoms with E-state index in [2.05, 4.69) is 34.0 Å². The first-order valence-electron chi connectivity index (χ1n) is 5.86. The van der Waals surface area contributed by atoms with Crippen LogP contribution in [0.3, 0.4) is 0 Å². The highest BCUT2D eigenvalue weighted by atomic mass is 127. The lowest BCUT2D eigenvalue weighted by Gasteiger charge is -2.19. The van der Waals surface area contributed by atoms with Crippen molar-refractivity contribution in [3.05, 3.63) is 19.9 Å². The van der Waals surface area contributed by atoms with E-state index >= 15 is 0 Å². The van der Waals surface area contributed by atoms with Gasteiger partial charge in [0.1, 0.15) is 0 Å². The summed E-state index contributed by atoms with van der Waals surface area (Å²) in [6, 6.07) is 3.86. The molecule has 2 N–H and O–H groups in total. The minimum absolute atomic E-state index is 0.206. The summed E-state index contributed by atoms with van der Waals surface area (Å²) in [7, 11) is 1.60. The summed E-state index contributed by atoms with van der Waals surface area (Å²) >= 11 is 3.97. The third-order valence-electron chi connectivity index (χ3n) is 2.59. The molecule has 0 bridgehead atoms. The molecule has 1 aromatic heterocycles. The Morgan fingerprint density at radius 1 is 1.53 bits per heavy atom. The van der Waals surface area contributed by atoms with Crippen molar-refractivity contribution in [2.75, 3.05) is 20.1 Å². The maximum absolute atomic E-state index is 11.7. The summed E-state index contributed by atoms with van der Waals surface area (Å²) in [5.74, 6) is -1.46. The van der Waals surface area contributed by atoms with Gasteiger partial charge in [-0.25, -0.2) is 4.79 Å². The van der Waals surface area contributed by atoms with Gasteiger partial charge in [-0.05, 0) is 41.1 Å². The summed E-state index contributed by atoms with van der Waals surface area (Å²) < 4.78 is 1.23. The number of rotatable bonds is 6. The number of carboxylic acids is 1. The van der Waals surface area contributed by atoms with Crippen LogP contribution < -0.4 is 5.32 Å². The number of nitrogens with one attached hydrogen (secondary N) is 1. The minimum atomic E-state index is -0.896. The van der Waals surface area contributed by atoms with E-state index in [0.717, 1.165) is 6.42 Å². The molecule has 19 heavy (non-hydrogen) atoms. The molecule has 1 atom stereocenters. The number of aliphatic carboxylic acids is 1. The zero-order valence-corrected chi connectivity index (χ0v) is 13.8. The van der Waals surface area contributed by atoms with Crippen LogP contribution in [-0.4, -0.2) is 42.1 Å². The molecular weight excluding hydrogens is 379 g/mol. The van der Waals surface area contributed by atoms with Crippen molar-refractivity contribution < 1.29 is 14.7 Å². The molecule has 0 aromatic carbocycles. The van der Waals surface area contributed by atoms with E-state index in [0.29, 0.717) is 6.54 Å². The van der Waals surface area contributed by atoms with Gasteiger partial charge < -0.3 is 15.3 Å². The average molecular weight is 396 g/mol. The number of hydrogen-bond acceptors (Lipinski definition) is 3. The van der Waals surface area contributed by atoms with E-state index in [-0.39, 0.29) is 12.6 Å². The lowest BCUT2D eigenvalue weighted by molar-refractivity contribution is -0.141. The molecule has 1 aromatic rings. The third-order valence-corrected chi connectivity index (χ3v) is 4.55. The molecule has 0 saturated heterocycles. The first-order chi connectivity index (χ1) is 8.90. The maximum atomic E-state index is 11.7. The second kappa shape index (κ2) is 7.68. The third kappa shape index (κ3) is 5.77. The van der Waals surface area contributed by atoms with Crippen molar-refractivity contribution >= 4 is 45.9 Å². The van der Waals surface area contributed by atoms with Crippen molar-refractivity contribution in [3.8, 4) is 0 Å². The number of carboxylic acid groups (broad SMARTS) is 1. The second-order valence-corrected chi connectivity index (χ2v) is 7.37. The standard InChI is InChI=1S/C12H17IN2O3S/c1-8(11(16)17)7-15(2)12(18)14-6-5-9-3-4-10(13)19-9/h3-4,8H,5-7H2,1-2H3,(H,14,18)(H,16,17). The summed E-state index contributed by atoms with van der Waals surface area (Å²) in [6.45, 7) is 2.35. The van der Waals surface area contributed by atoms with E-state index in [4.69, 9.17) is 5.11 Å². The fraction of sp³-hybridized carbons (Fsp3) is 0.500. The smallest absolute Gasteiger partial charge is 0.317 e. The van der Waals surface area contributed by atoms with Gasteiger partial charge in [-0.1, -0.05) is 6.92 Å². The molecule has 0 spiro atoms. The Hall–Kier alpha value is -0.830. The van der Waals surface area contributed by atoms with Crippen molar-refractivity contribution in [2.24, 2.45) is 5.92 Å². The molecule has 106 valence electrons. The molecule has 0 radical (unpaired) electrons. The number of carbonyl (C=O) groups excluding carboxylic acids is 1. The molecular formula is C12H17IN2O3S. The van der Waals surface area contributed by atoms with Gasteiger partial charge in [0.25, 0.3) is 0 Å². The van der Waals surface area contributed by atoms with Crippen LogP contribution in [-0.2, 0) is 11.2 Å². The summed E-state index contributed by atoms with van der Waals surface area (Å²) in [4.78, 5) is 25.0. The number of carbonyl (C=O) groups is 2. The van der Waals surface area contributed by atoms with E-state index in [1.54, 1.807) is 25.3 Å². The van der Waals surface area contributed by atoms with Crippen molar-refractivity contribution in [1.82, 2.24) is 10.2 Å². The first-order valence-corrected chi connectivity index (χ1v) is 7.75. The topological polar surface area (TPSA) is 69.6 Å². The normalized spacial score (nSPS) is 11.9. The van der Waals surface area contributed by atoms with Crippen LogP contribution in [0.2, 0.25) is 0 Å². The molecule has 1 rings (SSSR count). The van der Waals surface area contributed by atoms with Crippen LogP contribution in [0.15, 0.2) is 12.1 Å². The number of hydrogen-bond donors (Lipinski definition) is 2. The van der Waals surface area contributed by atoms with Crippen LogP contribution in [0.1, 0.15) is 11.8 Å². The van der Waals surface area contributed by atoms with Gasteiger partial charge in [0.2, 0.25) is 0 Å². The van der Waals surface area contributed by atoms with Gasteiger partial charge >= 0.3 is 12.0 Å². The van der Waals surface area contributed by atoms with Gasteiger partial charge in [0, 0.05) is 25.0 Å². The fourth-order valence-corrected chi connectivity index (χ4v) is 3.24. The number of nitrogens with zero attached hydrogens (tertiary/aromatic N) is 1. The Labute approximate surface area is 130 Å². The summed E-state index contributed by atoms with van der Waals surface area (Å²) in [5, 5.41) is 11.6. The Morgan fingerprint density at radius 2 is 2.21 bits per heavy atom. The van der Waals surface area contributed by atoms with Gasteiger partial charge in [-0.15, -0.1) is 11.3 Å². The largest absolute Gasteiger partial charge is 0.481 e. The van der Waals surface area contributed by atoms with E-state index < -0.39 is 11.9 Å². The van der Waals surface area contributed by atoms with Crippen LogP contribution in [0.5, 0.6) is 0 Å². The predicted octanol–water partition coefficient (Wildman–Crippen LogP) is 2.26.